The second-order valence-electron chi connectivity index (χ2n) is 2.99. The number of nitrogens with zero attached hydrogens (tertiary/aromatic N) is 1. The Hall–Kier alpha value is -1.00. The number of hydrogen-bond donors (Lipinski definition) is 0. The fourth-order valence-corrected chi connectivity index (χ4v) is 1.83. The summed E-state index contributed by atoms with van der Waals surface area (Å²) in [6.07, 6.45) is 1.91. The molecule has 15 heavy (non-hydrogen) atoms. The van der Waals surface area contributed by atoms with E-state index in [1.165, 1.54) is 0 Å². The number of hydrogen-bond acceptors (Lipinski definition) is 2. The number of halogens is 1. The number of carbonyl (C=O) groups excluding carboxylic acids is 1. The normalized spacial score (nSPS) is 9.33. The van der Waals surface area contributed by atoms with Gasteiger partial charge in [-0.25, -0.2) is 0 Å². The summed E-state index contributed by atoms with van der Waals surface area (Å²) in [5.41, 5.74) is 2.70. The highest BCUT2D eigenvalue weighted by Gasteiger charge is 2.10. The van der Waals surface area contributed by atoms with Crippen molar-refractivity contribution < 1.29 is 26.3 Å². The second-order valence-corrected chi connectivity index (χ2v) is 3.74. The van der Waals surface area contributed by atoms with Gasteiger partial charge in [0.15, 0.2) is 6.20 Å². The molecular weight excluding hydrogens is 274 g/mol. The van der Waals surface area contributed by atoms with Crippen molar-refractivity contribution in [2.24, 2.45) is 0 Å². The molecule has 0 aliphatic rings. The van der Waals surface area contributed by atoms with Crippen molar-refractivity contribution in [3.8, 4) is 0 Å². The van der Waals surface area contributed by atoms with Crippen LogP contribution in [0.4, 0.5) is 0 Å². The lowest BCUT2D eigenvalue weighted by Crippen LogP contribution is -3.00. The topological polar surface area (TPSA) is 20.9 Å². The van der Waals surface area contributed by atoms with Gasteiger partial charge in [0.25, 0.3) is 0 Å². The molecule has 1 aromatic heterocycles. The van der Waals surface area contributed by atoms with Crippen molar-refractivity contribution in [2.75, 3.05) is 0 Å². The van der Waals surface area contributed by atoms with Gasteiger partial charge in [-0.2, -0.15) is 4.57 Å². The van der Waals surface area contributed by atoms with Gasteiger partial charge in [-0.15, -0.1) is 0 Å². The van der Waals surface area contributed by atoms with E-state index in [2.05, 4.69) is 0 Å². The van der Waals surface area contributed by atoms with E-state index in [4.69, 9.17) is 0 Å². The molecule has 0 bridgehead atoms. The molecule has 0 aliphatic carbocycles. The molecule has 2 rings (SSSR count). The summed E-state index contributed by atoms with van der Waals surface area (Å²) < 4.78 is 1.89. The van der Waals surface area contributed by atoms with Crippen LogP contribution in [0.2, 0.25) is 0 Å². The molecule has 0 radical (unpaired) electrons. The van der Waals surface area contributed by atoms with E-state index in [1.54, 1.807) is 11.3 Å². The molecule has 0 spiro atoms. The number of carbonyl (C=O) groups is 1. The monoisotopic (exact) mass is 283 g/mol. The average molecular weight is 284 g/mol. The zero-order valence-electron chi connectivity index (χ0n) is 7.97. The molecule has 0 N–H and O–H groups in total. The van der Waals surface area contributed by atoms with Crippen LogP contribution in [0.15, 0.2) is 47.4 Å². The lowest BCUT2D eigenvalue weighted by atomic mass is 10.1. The van der Waals surface area contributed by atoms with Crippen LogP contribution >= 0.6 is 11.3 Å². The number of thiazole rings is 1. The fourth-order valence-electron chi connectivity index (χ4n) is 1.23. The maximum Gasteiger partial charge on any atom is 0.227 e. The first-order chi connectivity index (χ1) is 6.86. The van der Waals surface area contributed by atoms with Crippen LogP contribution in [-0.4, -0.2) is 5.78 Å². The van der Waals surface area contributed by atoms with Crippen molar-refractivity contribution in [3.05, 3.63) is 53.0 Å². The molecule has 1 heterocycles. The number of ketones is 1. The molecular formula is C11H10BrNOS. The van der Waals surface area contributed by atoms with E-state index in [-0.39, 0.29) is 22.8 Å². The molecule has 0 saturated heterocycles. The highest BCUT2D eigenvalue weighted by molar-refractivity contribution is 7.07. The Labute approximate surface area is 103 Å². The molecule has 0 unspecified atom stereocenters. The largest absolute Gasteiger partial charge is 1.00 e. The smallest absolute Gasteiger partial charge is 0.227 e. The highest BCUT2D eigenvalue weighted by Crippen LogP contribution is 2.00. The Morgan fingerprint density at radius 2 is 2.00 bits per heavy atom. The van der Waals surface area contributed by atoms with E-state index >= 15 is 0 Å². The molecule has 1 aromatic carbocycles. The minimum absolute atomic E-state index is 0. The highest BCUT2D eigenvalue weighted by atomic mass is 79.9. The van der Waals surface area contributed by atoms with Gasteiger partial charge >= 0.3 is 0 Å². The molecule has 0 aliphatic heterocycles. The zero-order chi connectivity index (χ0) is 9.80. The van der Waals surface area contributed by atoms with Crippen molar-refractivity contribution in [1.82, 2.24) is 0 Å². The van der Waals surface area contributed by atoms with Crippen LogP contribution < -0.4 is 21.5 Å². The summed E-state index contributed by atoms with van der Waals surface area (Å²) in [6.45, 7) is 0.424. The lowest BCUT2D eigenvalue weighted by Gasteiger charge is -1.94. The molecule has 2 nitrogen and oxygen atoms in total. The van der Waals surface area contributed by atoms with E-state index in [0.717, 1.165) is 5.56 Å². The van der Waals surface area contributed by atoms with E-state index < -0.39 is 0 Å². The van der Waals surface area contributed by atoms with Crippen LogP contribution in [0.1, 0.15) is 10.4 Å². The number of rotatable bonds is 3. The van der Waals surface area contributed by atoms with Crippen molar-refractivity contribution >= 4 is 17.1 Å². The van der Waals surface area contributed by atoms with Gasteiger partial charge in [-0.3, -0.25) is 4.79 Å². The van der Waals surface area contributed by atoms with Crippen LogP contribution in [0.3, 0.4) is 0 Å². The summed E-state index contributed by atoms with van der Waals surface area (Å²) in [7, 11) is 0. The van der Waals surface area contributed by atoms with Gasteiger partial charge in [-0.1, -0.05) is 41.7 Å². The summed E-state index contributed by atoms with van der Waals surface area (Å²) >= 11 is 1.59. The first kappa shape index (κ1) is 12.1. The Morgan fingerprint density at radius 1 is 1.27 bits per heavy atom. The quantitative estimate of drug-likeness (QED) is 0.519. The molecule has 78 valence electrons. The third-order valence-corrected chi connectivity index (χ3v) is 2.62. The minimum atomic E-state index is 0. The van der Waals surface area contributed by atoms with Gasteiger partial charge in [0.2, 0.25) is 17.8 Å². The number of benzene rings is 1. The summed E-state index contributed by atoms with van der Waals surface area (Å²) in [4.78, 5) is 11.7. The average Bonchev–Trinajstić information content (AvgIpc) is 2.72. The Bertz CT molecular complexity index is 413. The fraction of sp³-hybridized carbons (Fsp3) is 0.0909. The SMILES string of the molecule is O=C(C[n+]1ccsc1)c1ccccc1.[Br-]. The summed E-state index contributed by atoms with van der Waals surface area (Å²) in [5, 5.41) is 1.96. The lowest BCUT2D eigenvalue weighted by molar-refractivity contribution is -0.678. The Balaban J connectivity index is 0.00000112. The van der Waals surface area contributed by atoms with Crippen LogP contribution in [0.25, 0.3) is 0 Å². The van der Waals surface area contributed by atoms with Gasteiger partial charge in [0.1, 0.15) is 0 Å². The minimum Gasteiger partial charge on any atom is -1.00 e. The Kier molecular flexibility index (Phi) is 4.65. The van der Waals surface area contributed by atoms with Gasteiger partial charge in [-0.05, 0) is 0 Å². The Morgan fingerprint density at radius 3 is 2.60 bits per heavy atom. The molecule has 0 fully saturated rings. The van der Waals surface area contributed by atoms with Crippen molar-refractivity contribution in [3.63, 3.8) is 0 Å². The first-order valence-electron chi connectivity index (χ1n) is 4.36. The van der Waals surface area contributed by atoms with Crippen molar-refractivity contribution in [2.45, 2.75) is 6.54 Å². The number of aromatic nitrogens is 1. The van der Waals surface area contributed by atoms with Gasteiger partial charge in [0, 0.05) is 5.56 Å². The zero-order valence-corrected chi connectivity index (χ0v) is 10.4. The van der Waals surface area contributed by atoms with Crippen molar-refractivity contribution in [1.29, 1.82) is 0 Å². The predicted molar refractivity (Wildman–Crippen MR) is 55.3 cm³/mol. The van der Waals surface area contributed by atoms with E-state index in [9.17, 15) is 4.79 Å². The third kappa shape index (κ3) is 3.25. The molecule has 4 heteroatoms. The third-order valence-electron chi connectivity index (χ3n) is 1.95. The molecule has 0 saturated carbocycles. The predicted octanol–water partition coefficient (Wildman–Crippen LogP) is -1.08. The summed E-state index contributed by atoms with van der Waals surface area (Å²) in [5.74, 6) is 0.147. The number of Topliss-reactive ketones (excluding diaryl/α,β-unsaturated/α-hetero) is 1. The molecule has 0 amide bonds. The summed E-state index contributed by atoms with van der Waals surface area (Å²) in [6, 6.07) is 9.36. The van der Waals surface area contributed by atoms with Crippen LogP contribution in [-0.2, 0) is 6.54 Å². The van der Waals surface area contributed by atoms with E-state index in [0.29, 0.717) is 6.54 Å². The molecule has 2 aromatic rings. The van der Waals surface area contributed by atoms with Crippen LogP contribution in [0.5, 0.6) is 0 Å². The maximum absolute atomic E-state index is 11.7. The standard InChI is InChI=1S/C11H10NOS.BrH/c13-11(8-12-6-7-14-9-12)10-4-2-1-3-5-10;/h1-7,9H,8H2;1H/q+1;/p-1. The molecule has 0 atom stereocenters. The first-order valence-corrected chi connectivity index (χ1v) is 5.30. The maximum atomic E-state index is 11.7. The van der Waals surface area contributed by atoms with Gasteiger partial charge in [0.05, 0.1) is 5.38 Å². The second kappa shape index (κ2) is 5.78. The van der Waals surface area contributed by atoms with Gasteiger partial charge < -0.3 is 17.0 Å². The van der Waals surface area contributed by atoms with E-state index in [1.807, 2.05) is 52.0 Å². The van der Waals surface area contributed by atoms with Crippen LogP contribution in [0, 0.1) is 0 Å².